The van der Waals surface area contributed by atoms with Crippen molar-refractivity contribution in [3.05, 3.63) is 59.1 Å². The van der Waals surface area contributed by atoms with Crippen molar-refractivity contribution in [2.24, 2.45) is 0 Å². The summed E-state index contributed by atoms with van der Waals surface area (Å²) < 4.78 is 0. The van der Waals surface area contributed by atoms with E-state index in [1.165, 1.54) is 11.3 Å². The summed E-state index contributed by atoms with van der Waals surface area (Å²) in [7, 11) is 0. The van der Waals surface area contributed by atoms with Gasteiger partial charge in [0.1, 0.15) is 0 Å². The maximum absolute atomic E-state index is 6.12. The number of hydrogen-bond donors (Lipinski definition) is 0. The molecule has 0 fully saturated rings. The normalized spacial score (nSPS) is 10.4. The Labute approximate surface area is 122 Å². The van der Waals surface area contributed by atoms with Crippen LogP contribution in [0.1, 0.15) is 12.5 Å². The van der Waals surface area contributed by atoms with Gasteiger partial charge in [-0.15, -0.1) is 0 Å². The van der Waals surface area contributed by atoms with Crippen molar-refractivity contribution >= 4 is 38.9 Å². The van der Waals surface area contributed by atoms with Crippen molar-refractivity contribution < 1.29 is 0 Å². The van der Waals surface area contributed by atoms with Crippen molar-refractivity contribution in [1.29, 1.82) is 0 Å². The minimum Gasteiger partial charge on any atom is -0.341 e. The molecule has 0 bridgehead atoms. The molecule has 0 saturated heterocycles. The van der Waals surface area contributed by atoms with Gasteiger partial charge in [0.15, 0.2) is 0 Å². The smallest absolute Gasteiger partial charge is 0.0466 e. The van der Waals surface area contributed by atoms with Gasteiger partial charge < -0.3 is 4.90 Å². The first-order valence-corrected chi connectivity index (χ1v) is 7.43. The first-order chi connectivity index (χ1) is 8.76. The third kappa shape index (κ3) is 2.88. The molecule has 0 spiro atoms. The number of halogens is 2. The van der Waals surface area contributed by atoms with E-state index < -0.39 is 0 Å². The predicted molar refractivity (Wildman–Crippen MR) is 83.2 cm³/mol. The highest BCUT2D eigenvalue weighted by atomic mass is 79.9. The molecule has 0 aliphatic heterocycles. The highest BCUT2D eigenvalue weighted by Crippen LogP contribution is 2.31. The maximum atomic E-state index is 6.12. The minimum atomic E-state index is 0.768. The summed E-state index contributed by atoms with van der Waals surface area (Å²) in [6.07, 6.45) is 0. The van der Waals surface area contributed by atoms with E-state index in [1.54, 1.807) is 0 Å². The van der Waals surface area contributed by atoms with Crippen LogP contribution in [-0.2, 0) is 5.33 Å². The topological polar surface area (TPSA) is 3.24 Å². The Bertz CT molecular complexity index is 513. The molecule has 0 atom stereocenters. The van der Waals surface area contributed by atoms with E-state index in [4.69, 9.17) is 11.6 Å². The Morgan fingerprint density at radius 1 is 1.11 bits per heavy atom. The van der Waals surface area contributed by atoms with Crippen LogP contribution in [-0.4, -0.2) is 6.54 Å². The Morgan fingerprint density at radius 2 is 1.83 bits per heavy atom. The molecule has 0 radical (unpaired) electrons. The molecule has 0 saturated carbocycles. The number of benzene rings is 2. The van der Waals surface area contributed by atoms with E-state index >= 15 is 0 Å². The van der Waals surface area contributed by atoms with Crippen molar-refractivity contribution in [3.63, 3.8) is 0 Å². The maximum Gasteiger partial charge on any atom is 0.0466 e. The molecule has 2 rings (SSSR count). The molecule has 0 N–H and O–H groups in total. The Kier molecular flexibility index (Phi) is 4.67. The summed E-state index contributed by atoms with van der Waals surface area (Å²) in [5.74, 6) is 0. The van der Waals surface area contributed by atoms with Crippen LogP contribution in [0.25, 0.3) is 0 Å². The first-order valence-electron chi connectivity index (χ1n) is 5.93. The van der Waals surface area contributed by atoms with Crippen molar-refractivity contribution in [2.45, 2.75) is 12.3 Å². The second-order valence-corrected chi connectivity index (χ2v) is 4.98. The Hall–Kier alpha value is -0.990. The zero-order chi connectivity index (χ0) is 13.0. The Balaban J connectivity index is 2.48. The van der Waals surface area contributed by atoms with Gasteiger partial charge in [0.05, 0.1) is 0 Å². The van der Waals surface area contributed by atoms with Gasteiger partial charge in [0.2, 0.25) is 0 Å². The molecule has 3 heteroatoms. The fourth-order valence-corrected chi connectivity index (χ4v) is 2.64. The molecule has 0 amide bonds. The lowest BCUT2D eigenvalue weighted by atomic mass is 10.1. The van der Waals surface area contributed by atoms with E-state index in [1.807, 2.05) is 18.2 Å². The highest BCUT2D eigenvalue weighted by molar-refractivity contribution is 9.08. The van der Waals surface area contributed by atoms with Gasteiger partial charge in [-0.3, -0.25) is 0 Å². The quantitative estimate of drug-likeness (QED) is 0.681. The molecule has 2 aromatic rings. The number of anilines is 2. The number of nitrogens with zero attached hydrogens (tertiary/aromatic N) is 1. The monoisotopic (exact) mass is 323 g/mol. The molecular weight excluding hydrogens is 310 g/mol. The largest absolute Gasteiger partial charge is 0.341 e. The fourth-order valence-electron chi connectivity index (χ4n) is 2.00. The molecule has 0 heterocycles. The molecule has 18 heavy (non-hydrogen) atoms. The summed E-state index contributed by atoms with van der Waals surface area (Å²) in [6.45, 7) is 3.05. The van der Waals surface area contributed by atoms with Crippen LogP contribution in [0.15, 0.2) is 48.5 Å². The zero-order valence-corrected chi connectivity index (χ0v) is 12.6. The summed E-state index contributed by atoms with van der Waals surface area (Å²) in [5, 5.41) is 1.59. The SMILES string of the molecule is CCN(c1ccccc1)c1cc(Cl)ccc1CBr. The van der Waals surface area contributed by atoms with Crippen molar-refractivity contribution in [1.82, 2.24) is 0 Å². The molecule has 0 aliphatic rings. The summed E-state index contributed by atoms with van der Waals surface area (Å²) in [5.41, 5.74) is 3.59. The average Bonchev–Trinajstić information content (AvgIpc) is 2.41. The molecule has 1 nitrogen and oxygen atoms in total. The van der Waals surface area contributed by atoms with Crippen LogP contribution in [0.5, 0.6) is 0 Å². The average molecular weight is 325 g/mol. The van der Waals surface area contributed by atoms with Gasteiger partial charge >= 0.3 is 0 Å². The standard InChI is InChI=1S/C15H15BrClN/c1-2-18(14-6-4-3-5-7-14)15-10-13(17)9-8-12(15)11-16/h3-10H,2,11H2,1H3. The number of para-hydroxylation sites is 1. The summed E-state index contributed by atoms with van der Waals surface area (Å²) in [4.78, 5) is 2.27. The number of rotatable bonds is 4. The third-order valence-electron chi connectivity index (χ3n) is 2.87. The number of hydrogen-bond acceptors (Lipinski definition) is 1. The van der Waals surface area contributed by atoms with E-state index in [0.717, 1.165) is 22.6 Å². The third-order valence-corrected chi connectivity index (χ3v) is 3.71. The molecule has 0 unspecified atom stereocenters. The van der Waals surface area contributed by atoms with Gasteiger partial charge in [-0.1, -0.05) is 51.8 Å². The van der Waals surface area contributed by atoms with E-state index in [0.29, 0.717) is 0 Å². The van der Waals surface area contributed by atoms with Crippen LogP contribution < -0.4 is 4.90 Å². The van der Waals surface area contributed by atoms with E-state index in [-0.39, 0.29) is 0 Å². The van der Waals surface area contributed by atoms with Crippen LogP contribution >= 0.6 is 27.5 Å². The molecule has 0 aliphatic carbocycles. The van der Waals surface area contributed by atoms with Gasteiger partial charge in [0, 0.05) is 28.3 Å². The van der Waals surface area contributed by atoms with E-state index in [2.05, 4.69) is 58.1 Å². The van der Waals surface area contributed by atoms with Crippen LogP contribution in [0.4, 0.5) is 11.4 Å². The Morgan fingerprint density at radius 3 is 2.44 bits per heavy atom. The second kappa shape index (κ2) is 6.26. The molecule has 94 valence electrons. The summed E-state index contributed by atoms with van der Waals surface area (Å²) in [6, 6.07) is 16.4. The minimum absolute atomic E-state index is 0.768. The number of alkyl halides is 1. The lowest BCUT2D eigenvalue weighted by Gasteiger charge is -2.25. The molecule has 2 aromatic carbocycles. The van der Waals surface area contributed by atoms with Crippen LogP contribution in [0, 0.1) is 0 Å². The first kappa shape index (κ1) is 13.4. The fraction of sp³-hybridized carbons (Fsp3) is 0.200. The van der Waals surface area contributed by atoms with Gasteiger partial charge in [-0.2, -0.15) is 0 Å². The van der Waals surface area contributed by atoms with Crippen LogP contribution in [0.2, 0.25) is 5.02 Å². The lowest BCUT2D eigenvalue weighted by molar-refractivity contribution is 1.01. The highest BCUT2D eigenvalue weighted by Gasteiger charge is 2.11. The van der Waals surface area contributed by atoms with Gasteiger partial charge in [-0.05, 0) is 36.8 Å². The van der Waals surface area contributed by atoms with Crippen LogP contribution in [0.3, 0.4) is 0 Å². The second-order valence-electron chi connectivity index (χ2n) is 3.99. The van der Waals surface area contributed by atoms with Gasteiger partial charge in [0.25, 0.3) is 0 Å². The summed E-state index contributed by atoms with van der Waals surface area (Å²) >= 11 is 9.65. The predicted octanol–water partition coefficient (Wildman–Crippen LogP) is 5.39. The van der Waals surface area contributed by atoms with Crippen molar-refractivity contribution in [2.75, 3.05) is 11.4 Å². The van der Waals surface area contributed by atoms with E-state index in [9.17, 15) is 0 Å². The van der Waals surface area contributed by atoms with Gasteiger partial charge in [-0.25, -0.2) is 0 Å². The van der Waals surface area contributed by atoms with Crippen molar-refractivity contribution in [3.8, 4) is 0 Å². The lowest BCUT2D eigenvalue weighted by Crippen LogP contribution is -2.17. The zero-order valence-electron chi connectivity index (χ0n) is 10.2. The molecular formula is C15H15BrClN. The molecule has 0 aromatic heterocycles.